The first-order chi connectivity index (χ1) is 12.8. The molecule has 0 radical (unpaired) electrons. The summed E-state index contributed by atoms with van der Waals surface area (Å²) in [6.45, 7) is 0. The molecule has 0 spiro atoms. The molecule has 0 fully saturated rings. The Labute approximate surface area is 155 Å². The van der Waals surface area contributed by atoms with E-state index in [0.717, 1.165) is 44.7 Å². The minimum atomic E-state index is -0.226. The quantitative estimate of drug-likeness (QED) is 0.440. The van der Waals surface area contributed by atoms with Crippen LogP contribution in [0.1, 0.15) is 5.56 Å². The highest BCUT2D eigenvalue weighted by atomic mass is 32.2. The SMILES string of the molecule is Fc1ccc2c(c1)-n1c(nc(-c3ccccc3)c1-c1ccccc1)SC2. The van der Waals surface area contributed by atoms with E-state index in [9.17, 15) is 4.39 Å². The number of benzene rings is 3. The van der Waals surface area contributed by atoms with Crippen molar-refractivity contribution in [3.8, 4) is 28.2 Å². The van der Waals surface area contributed by atoms with Gasteiger partial charge in [-0.05, 0) is 17.7 Å². The third-order valence-electron chi connectivity index (χ3n) is 4.59. The van der Waals surface area contributed by atoms with Crippen LogP contribution in [0.15, 0.2) is 84.0 Å². The number of rotatable bonds is 2. The molecule has 0 atom stereocenters. The van der Waals surface area contributed by atoms with Crippen molar-refractivity contribution in [1.82, 2.24) is 9.55 Å². The normalized spacial score (nSPS) is 12.5. The Bertz CT molecular complexity index is 1090. The summed E-state index contributed by atoms with van der Waals surface area (Å²) in [6.07, 6.45) is 0. The maximum Gasteiger partial charge on any atom is 0.174 e. The third-order valence-corrected chi connectivity index (χ3v) is 5.57. The average molecular weight is 358 g/mol. The number of hydrogen-bond donors (Lipinski definition) is 0. The summed E-state index contributed by atoms with van der Waals surface area (Å²) in [4.78, 5) is 4.93. The van der Waals surface area contributed by atoms with Gasteiger partial charge in [-0.2, -0.15) is 0 Å². The number of nitrogens with zero attached hydrogens (tertiary/aromatic N) is 2. The molecule has 126 valence electrons. The zero-order valence-corrected chi connectivity index (χ0v) is 14.7. The van der Waals surface area contributed by atoms with Crippen molar-refractivity contribution in [3.63, 3.8) is 0 Å². The van der Waals surface area contributed by atoms with Crippen LogP contribution in [0.2, 0.25) is 0 Å². The fourth-order valence-electron chi connectivity index (χ4n) is 3.39. The van der Waals surface area contributed by atoms with Crippen LogP contribution in [0, 0.1) is 5.82 Å². The van der Waals surface area contributed by atoms with Gasteiger partial charge in [0, 0.05) is 16.9 Å². The lowest BCUT2D eigenvalue weighted by atomic mass is 10.0. The van der Waals surface area contributed by atoms with Crippen molar-refractivity contribution in [2.45, 2.75) is 10.9 Å². The van der Waals surface area contributed by atoms with Crippen LogP contribution in [0.25, 0.3) is 28.2 Å². The number of imidazole rings is 1. The summed E-state index contributed by atoms with van der Waals surface area (Å²) in [5, 5.41) is 0.904. The Kier molecular flexibility index (Phi) is 3.64. The molecule has 1 aromatic heterocycles. The smallest absolute Gasteiger partial charge is 0.174 e. The van der Waals surface area contributed by atoms with E-state index in [1.54, 1.807) is 17.8 Å². The first kappa shape index (κ1) is 15.4. The average Bonchev–Trinajstić information content (AvgIpc) is 3.09. The molecule has 0 bridgehead atoms. The minimum absolute atomic E-state index is 0.226. The van der Waals surface area contributed by atoms with Crippen LogP contribution in [0.3, 0.4) is 0 Å². The molecule has 3 aromatic carbocycles. The van der Waals surface area contributed by atoms with Crippen LogP contribution in [0.4, 0.5) is 4.39 Å². The molecule has 26 heavy (non-hydrogen) atoms. The second kappa shape index (κ2) is 6.15. The van der Waals surface area contributed by atoms with Crippen LogP contribution in [0.5, 0.6) is 0 Å². The minimum Gasteiger partial charge on any atom is -0.286 e. The van der Waals surface area contributed by atoms with E-state index >= 15 is 0 Å². The number of aromatic nitrogens is 2. The number of hydrogen-bond acceptors (Lipinski definition) is 2. The molecule has 0 saturated carbocycles. The van der Waals surface area contributed by atoms with Crippen molar-refractivity contribution >= 4 is 11.8 Å². The fraction of sp³-hybridized carbons (Fsp3) is 0.0455. The predicted octanol–water partition coefficient (Wildman–Crippen LogP) is 5.95. The molecule has 4 aromatic rings. The zero-order chi connectivity index (χ0) is 17.5. The fourth-order valence-corrected chi connectivity index (χ4v) is 4.39. The summed E-state index contributed by atoms with van der Waals surface area (Å²) < 4.78 is 16.1. The summed E-state index contributed by atoms with van der Waals surface area (Å²) in [5.41, 5.74) is 6.07. The van der Waals surface area contributed by atoms with Crippen molar-refractivity contribution in [2.75, 3.05) is 0 Å². The second-order valence-corrected chi connectivity index (χ2v) is 7.16. The molecule has 0 N–H and O–H groups in total. The van der Waals surface area contributed by atoms with Gasteiger partial charge in [-0.3, -0.25) is 4.57 Å². The van der Waals surface area contributed by atoms with Gasteiger partial charge in [0.1, 0.15) is 5.82 Å². The van der Waals surface area contributed by atoms with E-state index in [1.165, 1.54) is 6.07 Å². The van der Waals surface area contributed by atoms with Gasteiger partial charge in [0.25, 0.3) is 0 Å². The Morgan fingerprint density at radius 2 is 1.54 bits per heavy atom. The van der Waals surface area contributed by atoms with E-state index < -0.39 is 0 Å². The molecule has 1 aliphatic heterocycles. The van der Waals surface area contributed by atoms with Crippen LogP contribution >= 0.6 is 11.8 Å². The maximum atomic E-state index is 14.0. The van der Waals surface area contributed by atoms with Crippen LogP contribution in [-0.2, 0) is 5.75 Å². The predicted molar refractivity (Wildman–Crippen MR) is 104 cm³/mol. The molecular weight excluding hydrogens is 343 g/mol. The van der Waals surface area contributed by atoms with E-state index in [2.05, 4.69) is 28.8 Å². The van der Waals surface area contributed by atoms with Gasteiger partial charge in [-0.15, -0.1) is 0 Å². The van der Waals surface area contributed by atoms with Crippen molar-refractivity contribution in [1.29, 1.82) is 0 Å². The van der Waals surface area contributed by atoms with Gasteiger partial charge in [-0.25, -0.2) is 9.37 Å². The molecule has 0 unspecified atom stereocenters. The molecule has 0 saturated heterocycles. The lowest BCUT2D eigenvalue weighted by molar-refractivity contribution is 0.625. The van der Waals surface area contributed by atoms with Crippen molar-refractivity contribution < 1.29 is 4.39 Å². The Hall–Kier alpha value is -2.85. The molecular formula is C22H15FN2S. The molecule has 4 heteroatoms. The largest absolute Gasteiger partial charge is 0.286 e. The van der Waals surface area contributed by atoms with Gasteiger partial charge in [0.05, 0.1) is 17.1 Å². The van der Waals surface area contributed by atoms with Crippen LogP contribution in [-0.4, -0.2) is 9.55 Å². The Morgan fingerprint density at radius 1 is 0.846 bits per heavy atom. The molecule has 2 nitrogen and oxygen atoms in total. The molecule has 0 amide bonds. The molecule has 2 heterocycles. The Morgan fingerprint density at radius 3 is 2.27 bits per heavy atom. The van der Waals surface area contributed by atoms with E-state index in [-0.39, 0.29) is 5.82 Å². The van der Waals surface area contributed by atoms with Crippen LogP contribution < -0.4 is 0 Å². The highest BCUT2D eigenvalue weighted by molar-refractivity contribution is 7.98. The Balaban J connectivity index is 1.85. The van der Waals surface area contributed by atoms with Gasteiger partial charge >= 0.3 is 0 Å². The molecule has 5 rings (SSSR count). The van der Waals surface area contributed by atoms with Crippen molar-refractivity contribution in [3.05, 3.63) is 90.2 Å². The number of fused-ring (bicyclic) bond motifs is 3. The van der Waals surface area contributed by atoms with Gasteiger partial charge in [0.15, 0.2) is 5.16 Å². The lowest BCUT2D eigenvalue weighted by Gasteiger charge is -2.20. The zero-order valence-electron chi connectivity index (χ0n) is 13.9. The summed E-state index contributed by atoms with van der Waals surface area (Å²) in [5.74, 6) is 0.574. The van der Waals surface area contributed by atoms with E-state index in [0.29, 0.717) is 0 Å². The van der Waals surface area contributed by atoms with Gasteiger partial charge < -0.3 is 0 Å². The topological polar surface area (TPSA) is 17.8 Å². The van der Waals surface area contributed by atoms with Gasteiger partial charge in [0.2, 0.25) is 0 Å². The summed E-state index contributed by atoms with van der Waals surface area (Å²) >= 11 is 1.69. The maximum absolute atomic E-state index is 14.0. The number of halogens is 1. The molecule has 0 aliphatic carbocycles. The van der Waals surface area contributed by atoms with Crippen molar-refractivity contribution in [2.24, 2.45) is 0 Å². The van der Waals surface area contributed by atoms with Gasteiger partial charge in [-0.1, -0.05) is 78.5 Å². The lowest BCUT2D eigenvalue weighted by Crippen LogP contribution is -2.07. The highest BCUT2D eigenvalue weighted by Crippen LogP contribution is 2.42. The summed E-state index contributed by atoms with van der Waals surface area (Å²) in [6, 6.07) is 25.4. The first-order valence-electron chi connectivity index (χ1n) is 8.46. The second-order valence-electron chi connectivity index (χ2n) is 6.22. The highest BCUT2D eigenvalue weighted by Gasteiger charge is 2.26. The first-order valence-corrected chi connectivity index (χ1v) is 9.45. The standard InChI is InChI=1S/C22H15FN2S/c23-18-12-11-17-14-26-22-24-20(15-7-3-1-4-8-15)21(25(22)19(17)13-18)16-9-5-2-6-10-16/h1-13H,14H2. The molecule has 1 aliphatic rings. The van der Waals surface area contributed by atoms with E-state index in [4.69, 9.17) is 4.98 Å². The van der Waals surface area contributed by atoms with E-state index in [1.807, 2.05) is 42.5 Å². The number of thioether (sulfide) groups is 1. The monoisotopic (exact) mass is 358 g/mol. The summed E-state index contributed by atoms with van der Waals surface area (Å²) in [7, 11) is 0. The third kappa shape index (κ3) is 2.45.